The Morgan fingerprint density at radius 1 is 1.39 bits per heavy atom. The van der Waals surface area contributed by atoms with Gasteiger partial charge in [-0.15, -0.1) is 0 Å². The Morgan fingerprint density at radius 2 is 2.13 bits per heavy atom. The Hall–Kier alpha value is -3.21. The van der Waals surface area contributed by atoms with Gasteiger partial charge in [-0.25, -0.2) is 19.1 Å². The number of aromatic nitrogens is 4. The summed E-state index contributed by atoms with van der Waals surface area (Å²) in [4.78, 5) is 54.9. The highest BCUT2D eigenvalue weighted by Gasteiger charge is 2.23. The summed E-state index contributed by atoms with van der Waals surface area (Å²) in [5.74, 6) is -2.24. The molecular weight excluding hydrogens is 310 g/mol. The maximum atomic E-state index is 12.0. The first-order chi connectivity index (χ1) is 10.9. The van der Waals surface area contributed by atoms with Crippen LogP contribution in [0.15, 0.2) is 28.2 Å². The second-order valence-corrected chi connectivity index (χ2v) is 4.52. The summed E-state index contributed by atoms with van der Waals surface area (Å²) in [6.45, 7) is -0.840. The molecule has 5 N–H and O–H groups in total. The standard InChI is InChI=1S/C12H13N5O6/c18-5-17-9(19)2-7(16-12(17)23)10(20)15-8(11(21)22)1-6-3-13-4-14-6/h2-4,8,18H,1,5H2,(H,13,14)(H,15,20)(H,16,23)(H,21,22)/t8-/m0/s1. The van der Waals surface area contributed by atoms with Crippen molar-refractivity contribution in [3.8, 4) is 0 Å². The second-order valence-electron chi connectivity index (χ2n) is 4.52. The molecule has 2 aromatic rings. The van der Waals surface area contributed by atoms with Crippen molar-refractivity contribution in [2.45, 2.75) is 19.2 Å². The van der Waals surface area contributed by atoms with Gasteiger partial charge in [0.05, 0.1) is 12.0 Å². The number of carbonyl (C=O) groups excluding carboxylic acids is 1. The number of rotatable bonds is 6. The smallest absolute Gasteiger partial charge is 0.330 e. The first-order valence-corrected chi connectivity index (χ1v) is 6.38. The molecule has 0 aliphatic heterocycles. The van der Waals surface area contributed by atoms with Crippen LogP contribution in [0.1, 0.15) is 16.2 Å². The van der Waals surface area contributed by atoms with Gasteiger partial charge < -0.3 is 25.5 Å². The quantitative estimate of drug-likeness (QED) is 0.395. The van der Waals surface area contributed by atoms with E-state index in [9.17, 15) is 19.2 Å². The number of carboxylic acid groups (broad SMARTS) is 1. The highest BCUT2D eigenvalue weighted by molar-refractivity contribution is 5.94. The topological polar surface area (TPSA) is 170 Å². The average Bonchev–Trinajstić information content (AvgIpc) is 2.99. The third-order valence-electron chi connectivity index (χ3n) is 2.98. The number of imidazole rings is 1. The van der Waals surface area contributed by atoms with Gasteiger partial charge >= 0.3 is 11.7 Å². The van der Waals surface area contributed by atoms with E-state index in [1.165, 1.54) is 12.5 Å². The Kier molecular flexibility index (Phi) is 4.71. The van der Waals surface area contributed by atoms with Crippen LogP contribution in [0.3, 0.4) is 0 Å². The molecule has 11 nitrogen and oxygen atoms in total. The molecule has 2 rings (SSSR count). The van der Waals surface area contributed by atoms with E-state index in [0.717, 1.165) is 6.07 Å². The van der Waals surface area contributed by atoms with Crippen LogP contribution in [-0.4, -0.2) is 47.7 Å². The Bertz CT molecular complexity index is 790. The van der Waals surface area contributed by atoms with Crippen molar-refractivity contribution >= 4 is 11.9 Å². The van der Waals surface area contributed by atoms with Crippen LogP contribution in [0, 0.1) is 0 Å². The number of carboxylic acids is 1. The van der Waals surface area contributed by atoms with Gasteiger partial charge in [0.25, 0.3) is 11.5 Å². The van der Waals surface area contributed by atoms with E-state index in [0.29, 0.717) is 10.3 Å². The van der Waals surface area contributed by atoms with Gasteiger partial charge in [0.1, 0.15) is 18.5 Å². The molecule has 0 aliphatic carbocycles. The minimum Gasteiger partial charge on any atom is -0.480 e. The zero-order valence-electron chi connectivity index (χ0n) is 11.6. The first kappa shape index (κ1) is 16.2. The molecule has 2 heterocycles. The van der Waals surface area contributed by atoms with E-state index in [-0.39, 0.29) is 6.42 Å². The van der Waals surface area contributed by atoms with Gasteiger partial charge in [0.2, 0.25) is 0 Å². The van der Waals surface area contributed by atoms with Gasteiger partial charge in [0, 0.05) is 18.7 Å². The molecule has 1 amide bonds. The summed E-state index contributed by atoms with van der Waals surface area (Å²) in [6.07, 6.45) is 2.76. The molecule has 0 bridgehead atoms. The summed E-state index contributed by atoms with van der Waals surface area (Å²) in [6, 6.07) is -0.505. The molecule has 0 aromatic carbocycles. The fourth-order valence-corrected chi connectivity index (χ4v) is 1.82. The number of aliphatic hydroxyl groups is 1. The lowest BCUT2D eigenvalue weighted by atomic mass is 10.1. The number of aliphatic carboxylic acids is 1. The van der Waals surface area contributed by atoms with Crippen molar-refractivity contribution in [1.82, 2.24) is 24.8 Å². The molecule has 11 heteroatoms. The minimum absolute atomic E-state index is 0.0808. The van der Waals surface area contributed by atoms with Crippen LogP contribution in [0.2, 0.25) is 0 Å². The summed E-state index contributed by atoms with van der Waals surface area (Å²) < 4.78 is 0.467. The summed E-state index contributed by atoms with van der Waals surface area (Å²) in [5, 5.41) is 20.2. The number of carbonyl (C=O) groups is 2. The molecule has 2 aromatic heterocycles. The van der Waals surface area contributed by atoms with Crippen molar-refractivity contribution < 1.29 is 19.8 Å². The van der Waals surface area contributed by atoms with Crippen LogP contribution in [0.5, 0.6) is 0 Å². The van der Waals surface area contributed by atoms with Gasteiger partial charge in [-0.3, -0.25) is 9.59 Å². The number of aromatic amines is 2. The van der Waals surface area contributed by atoms with Gasteiger partial charge in [-0.05, 0) is 0 Å². The van der Waals surface area contributed by atoms with Crippen LogP contribution >= 0.6 is 0 Å². The number of nitrogens with zero attached hydrogens (tertiary/aromatic N) is 2. The normalized spacial score (nSPS) is 11.9. The van der Waals surface area contributed by atoms with Crippen molar-refractivity contribution in [3.05, 3.63) is 50.8 Å². The Balaban J connectivity index is 2.20. The molecule has 23 heavy (non-hydrogen) atoms. The summed E-state index contributed by atoms with van der Waals surface area (Å²) in [7, 11) is 0. The highest BCUT2D eigenvalue weighted by atomic mass is 16.4. The molecule has 1 atom stereocenters. The van der Waals surface area contributed by atoms with E-state index >= 15 is 0 Å². The summed E-state index contributed by atoms with van der Waals surface area (Å²) >= 11 is 0. The van der Waals surface area contributed by atoms with Crippen LogP contribution < -0.4 is 16.6 Å². The van der Waals surface area contributed by atoms with E-state index < -0.39 is 41.6 Å². The molecule has 0 aliphatic rings. The monoisotopic (exact) mass is 323 g/mol. The number of H-pyrrole nitrogens is 2. The average molecular weight is 323 g/mol. The molecule has 0 unspecified atom stereocenters. The third-order valence-corrected chi connectivity index (χ3v) is 2.98. The van der Waals surface area contributed by atoms with E-state index in [1.807, 2.05) is 0 Å². The first-order valence-electron chi connectivity index (χ1n) is 6.38. The van der Waals surface area contributed by atoms with Crippen LogP contribution in [0.25, 0.3) is 0 Å². The molecule has 0 fully saturated rings. The number of hydrogen-bond acceptors (Lipinski definition) is 6. The number of aliphatic hydroxyl groups excluding tert-OH is 1. The number of nitrogens with one attached hydrogen (secondary N) is 3. The fraction of sp³-hybridized carbons (Fsp3) is 0.250. The number of hydrogen-bond donors (Lipinski definition) is 5. The zero-order chi connectivity index (χ0) is 17.0. The van der Waals surface area contributed by atoms with Gasteiger partial charge in [0.15, 0.2) is 0 Å². The second kappa shape index (κ2) is 6.70. The lowest BCUT2D eigenvalue weighted by molar-refractivity contribution is -0.139. The summed E-state index contributed by atoms with van der Waals surface area (Å²) in [5.41, 5.74) is -1.86. The molecule has 122 valence electrons. The molecule has 0 spiro atoms. The van der Waals surface area contributed by atoms with E-state index in [1.54, 1.807) is 0 Å². The number of amides is 1. The predicted molar refractivity (Wildman–Crippen MR) is 74.7 cm³/mol. The van der Waals surface area contributed by atoms with Crippen molar-refractivity contribution in [3.63, 3.8) is 0 Å². The fourth-order valence-electron chi connectivity index (χ4n) is 1.82. The van der Waals surface area contributed by atoms with Gasteiger partial charge in [-0.1, -0.05) is 0 Å². The van der Waals surface area contributed by atoms with Crippen LogP contribution in [-0.2, 0) is 17.9 Å². The van der Waals surface area contributed by atoms with Crippen LogP contribution in [0.4, 0.5) is 0 Å². The Morgan fingerprint density at radius 3 is 2.65 bits per heavy atom. The highest BCUT2D eigenvalue weighted by Crippen LogP contribution is 2.00. The zero-order valence-corrected chi connectivity index (χ0v) is 11.6. The van der Waals surface area contributed by atoms with Crippen molar-refractivity contribution in [1.29, 1.82) is 0 Å². The SMILES string of the molecule is O=C(N[C@@H](Cc1c[nH]cn1)C(=O)O)c1cc(=O)n(CO)c(=O)[nH]1. The molecule has 0 saturated heterocycles. The van der Waals surface area contributed by atoms with E-state index in [2.05, 4.69) is 20.3 Å². The van der Waals surface area contributed by atoms with Gasteiger partial charge in [-0.2, -0.15) is 0 Å². The van der Waals surface area contributed by atoms with Crippen molar-refractivity contribution in [2.24, 2.45) is 0 Å². The molecule has 0 saturated carbocycles. The minimum atomic E-state index is -1.30. The predicted octanol–water partition coefficient (Wildman–Crippen LogP) is -2.36. The van der Waals surface area contributed by atoms with E-state index in [4.69, 9.17) is 10.2 Å². The largest absolute Gasteiger partial charge is 0.480 e. The van der Waals surface area contributed by atoms with Crippen molar-refractivity contribution in [2.75, 3.05) is 0 Å². The maximum Gasteiger partial charge on any atom is 0.330 e. The Labute approximate surface area is 127 Å². The molecule has 0 radical (unpaired) electrons. The third kappa shape index (κ3) is 3.71. The lowest BCUT2D eigenvalue weighted by Gasteiger charge is -2.13. The lowest BCUT2D eigenvalue weighted by Crippen LogP contribution is -2.44. The molecular formula is C12H13N5O6. The maximum absolute atomic E-state index is 12.0.